The molecule has 2 aromatic carbocycles. The second kappa shape index (κ2) is 6.55. The van der Waals surface area contributed by atoms with Crippen LogP contribution in [0.25, 0.3) is 21.3 Å². The van der Waals surface area contributed by atoms with E-state index < -0.39 is 5.91 Å². The highest BCUT2D eigenvalue weighted by molar-refractivity contribution is 7.22. The number of carbonyl (C=O) groups excluding carboxylic acids is 1. The van der Waals surface area contributed by atoms with Crippen LogP contribution < -0.4 is 15.8 Å². The standard InChI is InChI=1S/C19H19N5O2S/c1-9(2)26-14-6-4-11(18(20)25)8-13(14)23-19-24-17-15(27-19)7-5-12-16(17)22-10(3)21-12/h4-9H,1-3H3,(H2,20,25)(H,21,22)(H,23,24). The zero-order chi connectivity index (χ0) is 19.1. The molecule has 2 aromatic heterocycles. The number of aromatic amines is 1. The quantitative estimate of drug-likeness (QED) is 0.482. The summed E-state index contributed by atoms with van der Waals surface area (Å²) in [6.45, 7) is 5.81. The number of thiazole rings is 1. The van der Waals surface area contributed by atoms with Crippen molar-refractivity contribution in [3.05, 3.63) is 41.7 Å². The van der Waals surface area contributed by atoms with E-state index in [0.29, 0.717) is 22.1 Å². The zero-order valence-electron chi connectivity index (χ0n) is 15.2. The fourth-order valence-electron chi connectivity index (χ4n) is 2.89. The molecular weight excluding hydrogens is 362 g/mol. The maximum atomic E-state index is 11.6. The molecule has 0 saturated heterocycles. The molecule has 0 aliphatic rings. The first-order valence-electron chi connectivity index (χ1n) is 8.54. The molecule has 2 heterocycles. The zero-order valence-corrected chi connectivity index (χ0v) is 16.0. The van der Waals surface area contributed by atoms with E-state index in [1.165, 1.54) is 11.3 Å². The minimum absolute atomic E-state index is 0.00741. The van der Waals surface area contributed by atoms with E-state index in [1.54, 1.807) is 18.2 Å². The molecular formula is C19H19N5O2S. The van der Waals surface area contributed by atoms with Gasteiger partial charge in [0.05, 0.1) is 22.0 Å². The number of anilines is 2. The number of rotatable bonds is 5. The van der Waals surface area contributed by atoms with Crippen molar-refractivity contribution in [1.29, 1.82) is 0 Å². The minimum atomic E-state index is -0.493. The second-order valence-electron chi connectivity index (χ2n) is 6.52. The molecule has 0 fully saturated rings. The van der Waals surface area contributed by atoms with Gasteiger partial charge in [0.1, 0.15) is 22.6 Å². The van der Waals surface area contributed by atoms with Gasteiger partial charge in [0.15, 0.2) is 5.13 Å². The number of aryl methyl sites for hydroxylation is 1. The SMILES string of the molecule is Cc1nc2c(ccc3sc(Nc4cc(C(N)=O)ccc4OC(C)C)nc32)[nH]1. The first kappa shape index (κ1) is 17.3. The van der Waals surface area contributed by atoms with E-state index in [-0.39, 0.29) is 6.10 Å². The molecule has 0 aliphatic carbocycles. The van der Waals surface area contributed by atoms with Gasteiger partial charge in [0.2, 0.25) is 5.91 Å². The van der Waals surface area contributed by atoms with Gasteiger partial charge < -0.3 is 20.8 Å². The maximum absolute atomic E-state index is 11.6. The average molecular weight is 381 g/mol. The number of amides is 1. The van der Waals surface area contributed by atoms with Crippen LogP contribution in [0.15, 0.2) is 30.3 Å². The number of hydrogen-bond donors (Lipinski definition) is 3. The molecule has 1 amide bonds. The molecule has 0 saturated carbocycles. The van der Waals surface area contributed by atoms with Gasteiger partial charge in [-0.05, 0) is 51.1 Å². The number of carbonyl (C=O) groups is 1. The Hall–Kier alpha value is -3.13. The first-order valence-corrected chi connectivity index (χ1v) is 9.36. The number of benzene rings is 2. The second-order valence-corrected chi connectivity index (χ2v) is 7.55. The Balaban J connectivity index is 1.77. The topological polar surface area (TPSA) is 106 Å². The molecule has 138 valence electrons. The third-order valence-electron chi connectivity index (χ3n) is 4.00. The number of nitrogens with two attached hydrogens (primary N) is 1. The van der Waals surface area contributed by atoms with E-state index >= 15 is 0 Å². The Bertz CT molecular complexity index is 1160. The summed E-state index contributed by atoms with van der Waals surface area (Å²) >= 11 is 1.51. The van der Waals surface area contributed by atoms with Crippen LogP contribution in [0, 0.1) is 6.92 Å². The summed E-state index contributed by atoms with van der Waals surface area (Å²) in [5.41, 5.74) is 9.11. The fraction of sp³-hybridized carbons (Fsp3) is 0.211. The van der Waals surface area contributed by atoms with Crippen molar-refractivity contribution in [3.63, 3.8) is 0 Å². The summed E-state index contributed by atoms with van der Waals surface area (Å²) in [4.78, 5) is 24.0. The van der Waals surface area contributed by atoms with Gasteiger partial charge in [-0.3, -0.25) is 4.79 Å². The van der Waals surface area contributed by atoms with Crippen LogP contribution in [-0.4, -0.2) is 27.0 Å². The number of imidazole rings is 1. The third kappa shape index (κ3) is 3.31. The van der Waals surface area contributed by atoms with E-state index in [1.807, 2.05) is 32.9 Å². The average Bonchev–Trinajstić information content (AvgIpc) is 3.17. The van der Waals surface area contributed by atoms with Crippen LogP contribution in [0.4, 0.5) is 10.8 Å². The number of nitrogens with one attached hydrogen (secondary N) is 2. The number of nitrogens with zero attached hydrogens (tertiary/aromatic N) is 2. The lowest BCUT2D eigenvalue weighted by molar-refractivity contribution is 0.100. The van der Waals surface area contributed by atoms with Crippen LogP contribution in [0.5, 0.6) is 5.75 Å². The van der Waals surface area contributed by atoms with Gasteiger partial charge in [0, 0.05) is 5.56 Å². The molecule has 4 rings (SSSR count). The van der Waals surface area contributed by atoms with E-state index in [9.17, 15) is 4.79 Å². The summed E-state index contributed by atoms with van der Waals surface area (Å²) in [5.74, 6) is 0.990. The Morgan fingerprint density at radius 2 is 2.04 bits per heavy atom. The molecule has 0 aliphatic heterocycles. The van der Waals surface area contributed by atoms with Crippen molar-refractivity contribution >= 4 is 49.3 Å². The van der Waals surface area contributed by atoms with Crippen LogP contribution in [0.2, 0.25) is 0 Å². The van der Waals surface area contributed by atoms with Crippen molar-refractivity contribution in [3.8, 4) is 5.75 Å². The molecule has 27 heavy (non-hydrogen) atoms. The molecule has 0 radical (unpaired) electrons. The lowest BCUT2D eigenvalue weighted by atomic mass is 10.1. The Morgan fingerprint density at radius 1 is 1.22 bits per heavy atom. The van der Waals surface area contributed by atoms with Crippen LogP contribution in [0.1, 0.15) is 30.0 Å². The van der Waals surface area contributed by atoms with Gasteiger partial charge in [0.25, 0.3) is 0 Å². The highest BCUT2D eigenvalue weighted by Gasteiger charge is 2.14. The van der Waals surface area contributed by atoms with Crippen molar-refractivity contribution in [2.45, 2.75) is 26.9 Å². The number of aromatic nitrogens is 3. The maximum Gasteiger partial charge on any atom is 0.248 e. The molecule has 4 N–H and O–H groups in total. The van der Waals surface area contributed by atoms with Crippen LogP contribution in [0.3, 0.4) is 0 Å². The summed E-state index contributed by atoms with van der Waals surface area (Å²) in [6.07, 6.45) is -0.00741. The van der Waals surface area contributed by atoms with Gasteiger partial charge in [-0.15, -0.1) is 0 Å². The monoisotopic (exact) mass is 381 g/mol. The third-order valence-corrected chi connectivity index (χ3v) is 4.93. The van der Waals surface area contributed by atoms with Gasteiger partial charge in [-0.1, -0.05) is 11.3 Å². The summed E-state index contributed by atoms with van der Waals surface area (Å²) in [7, 11) is 0. The minimum Gasteiger partial charge on any atom is -0.489 e. The summed E-state index contributed by atoms with van der Waals surface area (Å²) in [6, 6.07) is 9.09. The van der Waals surface area contributed by atoms with E-state index in [0.717, 1.165) is 27.1 Å². The normalized spacial score (nSPS) is 11.4. The molecule has 0 bridgehead atoms. The molecule has 0 spiro atoms. The molecule has 0 unspecified atom stereocenters. The Kier molecular flexibility index (Phi) is 4.19. The lowest BCUT2D eigenvalue weighted by Gasteiger charge is -2.15. The van der Waals surface area contributed by atoms with E-state index in [2.05, 4.69) is 15.3 Å². The number of H-pyrrole nitrogens is 1. The molecule has 8 heteroatoms. The van der Waals surface area contributed by atoms with Gasteiger partial charge in [-0.25, -0.2) is 9.97 Å². The number of fused-ring (bicyclic) bond motifs is 3. The number of hydrogen-bond acceptors (Lipinski definition) is 6. The van der Waals surface area contributed by atoms with Gasteiger partial charge in [-0.2, -0.15) is 0 Å². The predicted octanol–water partition coefficient (Wildman–Crippen LogP) is 4.11. The highest BCUT2D eigenvalue weighted by atomic mass is 32.1. The smallest absolute Gasteiger partial charge is 0.248 e. The largest absolute Gasteiger partial charge is 0.489 e. The summed E-state index contributed by atoms with van der Waals surface area (Å²) < 4.78 is 6.87. The molecule has 4 aromatic rings. The van der Waals surface area contributed by atoms with E-state index in [4.69, 9.17) is 15.5 Å². The Morgan fingerprint density at radius 3 is 2.78 bits per heavy atom. The lowest BCUT2D eigenvalue weighted by Crippen LogP contribution is -2.12. The Labute approximate surface area is 159 Å². The van der Waals surface area contributed by atoms with Crippen molar-refractivity contribution in [1.82, 2.24) is 15.0 Å². The number of primary amides is 1. The van der Waals surface area contributed by atoms with Crippen molar-refractivity contribution in [2.24, 2.45) is 5.73 Å². The fourth-order valence-corrected chi connectivity index (χ4v) is 3.77. The number of ether oxygens (including phenoxy) is 1. The first-order chi connectivity index (χ1) is 12.9. The molecule has 7 nitrogen and oxygen atoms in total. The summed E-state index contributed by atoms with van der Waals surface area (Å²) in [5, 5.41) is 3.96. The van der Waals surface area contributed by atoms with Crippen molar-refractivity contribution < 1.29 is 9.53 Å². The van der Waals surface area contributed by atoms with Crippen LogP contribution in [-0.2, 0) is 0 Å². The highest BCUT2D eigenvalue weighted by Crippen LogP contribution is 2.35. The predicted molar refractivity (Wildman–Crippen MR) is 108 cm³/mol. The van der Waals surface area contributed by atoms with Crippen LogP contribution >= 0.6 is 11.3 Å². The van der Waals surface area contributed by atoms with Gasteiger partial charge >= 0.3 is 0 Å². The molecule has 0 atom stereocenters. The van der Waals surface area contributed by atoms with Crippen molar-refractivity contribution in [2.75, 3.05) is 5.32 Å².